The van der Waals surface area contributed by atoms with Gasteiger partial charge in [0.05, 0.1) is 17.9 Å². The third kappa shape index (κ3) is 7.28. The van der Waals surface area contributed by atoms with Gasteiger partial charge >= 0.3 is 12.0 Å². The van der Waals surface area contributed by atoms with Crippen LogP contribution in [0.3, 0.4) is 0 Å². The predicted molar refractivity (Wildman–Crippen MR) is 105 cm³/mol. The molecule has 1 aromatic rings. The Kier molecular flexibility index (Phi) is 8.84. The lowest BCUT2D eigenvalue weighted by molar-refractivity contribution is -0.142. The first-order valence-electron chi connectivity index (χ1n) is 9.76. The van der Waals surface area contributed by atoms with E-state index in [1.165, 1.54) is 16.4 Å². The number of esters is 1. The van der Waals surface area contributed by atoms with Gasteiger partial charge in [-0.2, -0.15) is 4.31 Å². The fraction of sp³-hybridized carbons (Fsp3) is 0.579. The summed E-state index contributed by atoms with van der Waals surface area (Å²) in [6.07, 6.45) is 2.27. The molecule has 1 aromatic carbocycles. The lowest BCUT2D eigenvalue weighted by Gasteiger charge is -2.31. The number of halogens is 1. The Morgan fingerprint density at radius 3 is 2.38 bits per heavy atom. The number of urea groups is 1. The van der Waals surface area contributed by atoms with E-state index in [4.69, 9.17) is 4.74 Å². The summed E-state index contributed by atoms with van der Waals surface area (Å²) >= 11 is 0. The summed E-state index contributed by atoms with van der Waals surface area (Å²) in [5, 5.41) is 5.33. The molecule has 1 aliphatic heterocycles. The molecule has 1 aliphatic rings. The fourth-order valence-corrected chi connectivity index (χ4v) is 4.63. The van der Waals surface area contributed by atoms with Crippen LogP contribution in [0.5, 0.6) is 0 Å². The molecule has 0 bridgehead atoms. The summed E-state index contributed by atoms with van der Waals surface area (Å²) in [6, 6.07) is 4.50. The van der Waals surface area contributed by atoms with E-state index in [2.05, 4.69) is 10.6 Å². The average Bonchev–Trinajstić information content (AvgIpc) is 2.69. The molecule has 0 unspecified atom stereocenters. The first-order valence-corrected chi connectivity index (χ1v) is 11.2. The van der Waals surface area contributed by atoms with Crippen molar-refractivity contribution in [1.29, 1.82) is 0 Å². The average molecular weight is 430 g/mol. The van der Waals surface area contributed by atoms with E-state index in [1.807, 2.05) is 0 Å². The molecule has 162 valence electrons. The zero-order chi connectivity index (χ0) is 21.3. The molecule has 1 heterocycles. The van der Waals surface area contributed by atoms with Crippen molar-refractivity contribution in [1.82, 2.24) is 14.9 Å². The molecule has 1 saturated heterocycles. The van der Waals surface area contributed by atoms with Gasteiger partial charge in [0.25, 0.3) is 0 Å². The Labute approximate surface area is 170 Å². The SMILES string of the molecule is CCOC(=O)CCNC(=O)NCCC1CCN(S(=O)(=O)c2ccc(F)cc2)CC1. The molecule has 0 aliphatic carbocycles. The van der Waals surface area contributed by atoms with Crippen LogP contribution in [0, 0.1) is 11.7 Å². The van der Waals surface area contributed by atoms with E-state index in [1.54, 1.807) is 6.92 Å². The number of carbonyl (C=O) groups is 2. The lowest BCUT2D eigenvalue weighted by Crippen LogP contribution is -2.40. The molecule has 10 heteroatoms. The minimum absolute atomic E-state index is 0.0958. The number of carbonyl (C=O) groups excluding carboxylic acids is 2. The summed E-state index contributed by atoms with van der Waals surface area (Å²) in [4.78, 5) is 23.0. The van der Waals surface area contributed by atoms with Gasteiger partial charge in [0.1, 0.15) is 5.82 Å². The number of sulfonamides is 1. The standard InChI is InChI=1S/C19H28FN3O5S/c1-2-28-18(24)8-12-22-19(25)21-11-7-15-9-13-23(14-10-15)29(26,27)17-5-3-16(20)4-6-17/h3-6,15H,2,7-14H2,1H3,(H2,21,22,25). The van der Waals surface area contributed by atoms with Crippen molar-refractivity contribution in [2.24, 2.45) is 5.92 Å². The van der Waals surface area contributed by atoms with E-state index < -0.39 is 15.8 Å². The normalized spacial score (nSPS) is 15.7. The highest BCUT2D eigenvalue weighted by Gasteiger charge is 2.29. The second-order valence-electron chi connectivity index (χ2n) is 6.83. The van der Waals surface area contributed by atoms with Gasteiger partial charge in [-0.15, -0.1) is 0 Å². The van der Waals surface area contributed by atoms with Gasteiger partial charge < -0.3 is 15.4 Å². The number of amides is 2. The van der Waals surface area contributed by atoms with E-state index >= 15 is 0 Å². The molecule has 0 atom stereocenters. The predicted octanol–water partition coefficient (Wildman–Crippen LogP) is 1.87. The zero-order valence-corrected chi connectivity index (χ0v) is 17.3. The van der Waals surface area contributed by atoms with Gasteiger partial charge in [-0.1, -0.05) is 0 Å². The Balaban J connectivity index is 1.66. The van der Waals surface area contributed by atoms with Crippen LogP contribution < -0.4 is 10.6 Å². The number of nitrogens with zero attached hydrogens (tertiary/aromatic N) is 1. The van der Waals surface area contributed by atoms with Crippen molar-refractivity contribution in [3.05, 3.63) is 30.1 Å². The highest BCUT2D eigenvalue weighted by Crippen LogP contribution is 2.25. The van der Waals surface area contributed by atoms with Crippen molar-refractivity contribution in [2.75, 3.05) is 32.8 Å². The van der Waals surface area contributed by atoms with Gasteiger partial charge in [0.15, 0.2) is 0 Å². The van der Waals surface area contributed by atoms with Crippen LogP contribution in [-0.2, 0) is 19.6 Å². The Morgan fingerprint density at radius 1 is 1.14 bits per heavy atom. The molecule has 0 radical (unpaired) electrons. The second kappa shape index (κ2) is 11.1. The summed E-state index contributed by atoms with van der Waals surface area (Å²) < 4.78 is 44.4. The van der Waals surface area contributed by atoms with Crippen molar-refractivity contribution in [2.45, 2.75) is 37.5 Å². The Hall–Kier alpha value is -2.20. The quantitative estimate of drug-likeness (QED) is 0.583. The van der Waals surface area contributed by atoms with Crippen LogP contribution >= 0.6 is 0 Å². The monoisotopic (exact) mass is 429 g/mol. The number of rotatable bonds is 9. The summed E-state index contributed by atoms with van der Waals surface area (Å²) in [5.74, 6) is -0.510. The maximum absolute atomic E-state index is 13.0. The van der Waals surface area contributed by atoms with E-state index in [9.17, 15) is 22.4 Å². The third-order valence-electron chi connectivity index (χ3n) is 4.78. The Morgan fingerprint density at radius 2 is 1.76 bits per heavy atom. The Bertz CT molecular complexity index is 778. The molecule has 0 spiro atoms. The van der Waals surface area contributed by atoms with Crippen molar-refractivity contribution < 1.29 is 27.1 Å². The molecule has 0 saturated carbocycles. The number of hydrogen-bond donors (Lipinski definition) is 2. The van der Waals surface area contributed by atoms with E-state index in [-0.39, 0.29) is 29.9 Å². The molecular weight excluding hydrogens is 401 g/mol. The van der Waals surface area contributed by atoms with Gasteiger partial charge in [0, 0.05) is 26.2 Å². The van der Waals surface area contributed by atoms with Crippen LogP contribution in [0.15, 0.2) is 29.2 Å². The minimum atomic E-state index is -3.61. The lowest BCUT2D eigenvalue weighted by atomic mass is 9.95. The van der Waals surface area contributed by atoms with E-state index in [0.29, 0.717) is 45.0 Å². The van der Waals surface area contributed by atoms with Crippen LogP contribution in [0.2, 0.25) is 0 Å². The molecular formula is C19H28FN3O5S. The number of hydrogen-bond acceptors (Lipinski definition) is 5. The van der Waals surface area contributed by atoms with Crippen molar-refractivity contribution in [3.63, 3.8) is 0 Å². The summed E-state index contributed by atoms with van der Waals surface area (Å²) in [7, 11) is -3.61. The van der Waals surface area contributed by atoms with Gasteiger partial charge in [-0.3, -0.25) is 4.79 Å². The van der Waals surface area contributed by atoms with Gasteiger partial charge in [-0.25, -0.2) is 17.6 Å². The van der Waals surface area contributed by atoms with Gasteiger partial charge in [-0.05, 0) is 56.4 Å². The van der Waals surface area contributed by atoms with Crippen LogP contribution in [0.4, 0.5) is 9.18 Å². The molecule has 8 nitrogen and oxygen atoms in total. The molecule has 2 amide bonds. The molecule has 2 rings (SSSR count). The molecule has 29 heavy (non-hydrogen) atoms. The number of nitrogens with one attached hydrogen (secondary N) is 2. The van der Waals surface area contributed by atoms with Gasteiger partial charge in [0.2, 0.25) is 10.0 Å². The second-order valence-corrected chi connectivity index (χ2v) is 8.77. The zero-order valence-electron chi connectivity index (χ0n) is 16.5. The third-order valence-corrected chi connectivity index (χ3v) is 6.70. The smallest absolute Gasteiger partial charge is 0.314 e. The first kappa shape index (κ1) is 23.1. The van der Waals surface area contributed by atoms with Crippen LogP contribution in [0.1, 0.15) is 32.6 Å². The van der Waals surface area contributed by atoms with Crippen LogP contribution in [-0.4, -0.2) is 57.5 Å². The fourth-order valence-electron chi connectivity index (χ4n) is 3.16. The number of benzene rings is 1. The number of piperidine rings is 1. The molecule has 1 fully saturated rings. The molecule has 0 aromatic heterocycles. The molecule has 2 N–H and O–H groups in total. The topological polar surface area (TPSA) is 105 Å². The maximum Gasteiger partial charge on any atom is 0.314 e. The van der Waals surface area contributed by atoms with Crippen molar-refractivity contribution >= 4 is 22.0 Å². The highest BCUT2D eigenvalue weighted by atomic mass is 32.2. The number of ether oxygens (including phenoxy) is 1. The van der Waals surface area contributed by atoms with Crippen LogP contribution in [0.25, 0.3) is 0 Å². The maximum atomic E-state index is 13.0. The largest absolute Gasteiger partial charge is 0.466 e. The minimum Gasteiger partial charge on any atom is -0.466 e. The summed E-state index contributed by atoms with van der Waals surface area (Å²) in [5.41, 5.74) is 0. The summed E-state index contributed by atoms with van der Waals surface area (Å²) in [6.45, 7) is 3.52. The van der Waals surface area contributed by atoms with Crippen molar-refractivity contribution in [3.8, 4) is 0 Å². The highest BCUT2D eigenvalue weighted by molar-refractivity contribution is 7.89. The van der Waals surface area contributed by atoms with E-state index in [0.717, 1.165) is 18.6 Å². The first-order chi connectivity index (χ1) is 13.8.